The van der Waals surface area contributed by atoms with Gasteiger partial charge >= 0.3 is 6.09 Å². The lowest BCUT2D eigenvalue weighted by Crippen LogP contribution is -2.47. The molecule has 1 N–H and O–H groups in total. The van der Waals surface area contributed by atoms with Gasteiger partial charge in [-0.05, 0) is 48.4 Å². The number of ether oxygens (including phenoxy) is 3. The number of halogens is 2. The van der Waals surface area contributed by atoms with Crippen LogP contribution in [0.25, 0.3) is 0 Å². The number of rotatable bonds is 5. The van der Waals surface area contributed by atoms with E-state index in [2.05, 4.69) is 0 Å². The zero-order valence-corrected chi connectivity index (χ0v) is 16.9. The van der Waals surface area contributed by atoms with E-state index in [4.69, 9.17) is 37.4 Å². The fourth-order valence-electron chi connectivity index (χ4n) is 3.12. The first-order valence-electron chi connectivity index (χ1n) is 8.78. The Balaban J connectivity index is 1.92. The minimum absolute atomic E-state index is 0.112. The Morgan fingerprint density at radius 1 is 1.18 bits per heavy atom. The van der Waals surface area contributed by atoms with Crippen molar-refractivity contribution in [1.82, 2.24) is 4.90 Å². The van der Waals surface area contributed by atoms with Crippen LogP contribution < -0.4 is 9.47 Å². The van der Waals surface area contributed by atoms with Gasteiger partial charge in [0.15, 0.2) is 0 Å². The van der Waals surface area contributed by atoms with Gasteiger partial charge in [-0.25, -0.2) is 4.79 Å². The summed E-state index contributed by atoms with van der Waals surface area (Å²) in [5.74, 6) is 1.34. The molecule has 1 amide bonds. The molecular weight excluding hydrogens is 405 g/mol. The van der Waals surface area contributed by atoms with E-state index in [1.807, 2.05) is 0 Å². The molecule has 6 nitrogen and oxygen atoms in total. The van der Waals surface area contributed by atoms with Gasteiger partial charge in [0.2, 0.25) is 0 Å². The number of carbonyl (C=O) groups is 1. The molecule has 0 saturated carbocycles. The molecule has 28 heavy (non-hydrogen) atoms. The van der Waals surface area contributed by atoms with Crippen LogP contribution in [0.1, 0.15) is 12.0 Å². The molecule has 1 aliphatic heterocycles. The van der Waals surface area contributed by atoms with Crippen molar-refractivity contribution in [2.75, 3.05) is 33.4 Å². The Kier molecular flexibility index (Phi) is 6.54. The summed E-state index contributed by atoms with van der Waals surface area (Å²) in [6, 6.07) is 12.3. The summed E-state index contributed by atoms with van der Waals surface area (Å²) in [5.41, 5.74) is -0.299. The third kappa shape index (κ3) is 4.63. The number of hydrogen-bond donors (Lipinski definition) is 1. The first kappa shape index (κ1) is 20.6. The van der Waals surface area contributed by atoms with Crippen molar-refractivity contribution >= 4 is 29.3 Å². The maximum Gasteiger partial charge on any atom is 0.407 e. The van der Waals surface area contributed by atoms with E-state index in [0.29, 0.717) is 46.7 Å². The van der Waals surface area contributed by atoms with Crippen LogP contribution >= 0.6 is 23.2 Å². The normalized spacial score (nSPS) is 19.8. The SMILES string of the molecule is COc1ccc(OC[C@]2(c3ccc(Cl)c(Cl)c3)CN(C(=O)O)CCCO2)cc1. The van der Waals surface area contributed by atoms with Crippen LogP contribution in [0.4, 0.5) is 4.79 Å². The summed E-state index contributed by atoms with van der Waals surface area (Å²) in [4.78, 5) is 13.0. The summed E-state index contributed by atoms with van der Waals surface area (Å²) in [7, 11) is 1.59. The zero-order chi connectivity index (χ0) is 20.1. The second-order valence-electron chi connectivity index (χ2n) is 6.49. The minimum Gasteiger partial charge on any atom is -0.497 e. The van der Waals surface area contributed by atoms with Gasteiger partial charge < -0.3 is 24.2 Å². The first-order valence-corrected chi connectivity index (χ1v) is 9.53. The molecule has 3 rings (SSSR count). The lowest BCUT2D eigenvalue weighted by molar-refractivity contribution is -0.0773. The van der Waals surface area contributed by atoms with E-state index in [9.17, 15) is 9.90 Å². The molecule has 0 unspecified atom stereocenters. The van der Waals surface area contributed by atoms with E-state index >= 15 is 0 Å². The second-order valence-corrected chi connectivity index (χ2v) is 7.31. The standard InChI is InChI=1S/C20H21Cl2NO5/c1-26-15-4-6-16(7-5-15)27-13-20(14-3-8-17(21)18(22)11-14)12-23(19(24)25)9-2-10-28-20/h3-8,11H,2,9-10,12-13H2,1H3,(H,24,25)/t20-/m0/s1. The molecule has 150 valence electrons. The molecule has 0 spiro atoms. The third-order valence-corrected chi connectivity index (χ3v) is 5.38. The molecular formula is C20H21Cl2NO5. The van der Waals surface area contributed by atoms with Crippen LogP contribution in [0.15, 0.2) is 42.5 Å². The van der Waals surface area contributed by atoms with Crippen LogP contribution in [0, 0.1) is 0 Å². The predicted octanol–water partition coefficient (Wildman–Crippen LogP) is 4.68. The van der Waals surface area contributed by atoms with Crippen LogP contribution in [-0.2, 0) is 10.3 Å². The van der Waals surface area contributed by atoms with Gasteiger partial charge in [0.1, 0.15) is 23.7 Å². The molecule has 1 fully saturated rings. The van der Waals surface area contributed by atoms with Crippen LogP contribution in [-0.4, -0.2) is 49.5 Å². The molecule has 0 aliphatic carbocycles. The predicted molar refractivity (Wildman–Crippen MR) is 107 cm³/mol. The highest BCUT2D eigenvalue weighted by Gasteiger charge is 2.40. The average Bonchev–Trinajstić information content (AvgIpc) is 2.93. The summed E-state index contributed by atoms with van der Waals surface area (Å²) < 4.78 is 17.3. The number of amides is 1. The van der Waals surface area contributed by atoms with Crippen molar-refractivity contribution < 1.29 is 24.1 Å². The minimum atomic E-state index is -1.01. The monoisotopic (exact) mass is 425 g/mol. The fraction of sp³-hybridized carbons (Fsp3) is 0.350. The highest BCUT2D eigenvalue weighted by Crippen LogP contribution is 2.34. The zero-order valence-electron chi connectivity index (χ0n) is 15.4. The molecule has 0 aromatic heterocycles. The lowest BCUT2D eigenvalue weighted by atomic mass is 9.93. The van der Waals surface area contributed by atoms with Crippen molar-refractivity contribution in [1.29, 1.82) is 0 Å². The second kappa shape index (κ2) is 8.90. The third-order valence-electron chi connectivity index (χ3n) is 4.64. The smallest absolute Gasteiger partial charge is 0.407 e. The Hall–Kier alpha value is -2.15. The van der Waals surface area contributed by atoms with Crippen LogP contribution in [0.2, 0.25) is 10.0 Å². The largest absolute Gasteiger partial charge is 0.497 e. The average molecular weight is 426 g/mol. The Labute approximate surface area is 173 Å². The number of methoxy groups -OCH3 is 1. The van der Waals surface area contributed by atoms with Gasteiger partial charge in [-0.2, -0.15) is 0 Å². The molecule has 1 heterocycles. The molecule has 8 heteroatoms. The Morgan fingerprint density at radius 3 is 2.54 bits per heavy atom. The van der Waals surface area contributed by atoms with E-state index in [-0.39, 0.29) is 13.2 Å². The van der Waals surface area contributed by atoms with Gasteiger partial charge in [-0.3, -0.25) is 0 Å². The van der Waals surface area contributed by atoms with Gasteiger partial charge in [0.05, 0.1) is 23.7 Å². The number of hydrogen-bond acceptors (Lipinski definition) is 4. The van der Waals surface area contributed by atoms with Crippen molar-refractivity contribution in [2.45, 2.75) is 12.0 Å². The maximum absolute atomic E-state index is 11.7. The highest BCUT2D eigenvalue weighted by atomic mass is 35.5. The fourth-order valence-corrected chi connectivity index (χ4v) is 3.41. The molecule has 1 atom stereocenters. The van der Waals surface area contributed by atoms with Gasteiger partial charge in [0, 0.05) is 13.2 Å². The van der Waals surface area contributed by atoms with Gasteiger partial charge in [-0.15, -0.1) is 0 Å². The molecule has 0 radical (unpaired) electrons. The van der Waals surface area contributed by atoms with Crippen LogP contribution in [0.5, 0.6) is 11.5 Å². The molecule has 2 aromatic rings. The summed E-state index contributed by atoms with van der Waals surface area (Å²) in [6.07, 6.45) is -0.405. The van der Waals surface area contributed by atoms with Crippen molar-refractivity contribution in [2.24, 2.45) is 0 Å². The maximum atomic E-state index is 11.7. The van der Waals surface area contributed by atoms with E-state index in [1.54, 1.807) is 49.6 Å². The molecule has 0 bridgehead atoms. The Morgan fingerprint density at radius 2 is 1.89 bits per heavy atom. The summed E-state index contributed by atoms with van der Waals surface area (Å²) >= 11 is 12.3. The van der Waals surface area contributed by atoms with Gasteiger partial charge in [0.25, 0.3) is 0 Å². The van der Waals surface area contributed by atoms with Gasteiger partial charge in [-0.1, -0.05) is 29.3 Å². The molecule has 1 saturated heterocycles. The molecule has 2 aromatic carbocycles. The summed E-state index contributed by atoms with van der Waals surface area (Å²) in [5, 5.41) is 10.3. The van der Waals surface area contributed by atoms with Crippen molar-refractivity contribution in [3.05, 3.63) is 58.1 Å². The quantitative estimate of drug-likeness (QED) is 0.752. The van der Waals surface area contributed by atoms with Crippen LogP contribution in [0.3, 0.4) is 0 Å². The first-order chi connectivity index (χ1) is 13.4. The lowest BCUT2D eigenvalue weighted by Gasteiger charge is -2.35. The topological polar surface area (TPSA) is 68.2 Å². The van der Waals surface area contributed by atoms with E-state index in [0.717, 1.165) is 0 Å². The highest BCUT2D eigenvalue weighted by molar-refractivity contribution is 6.42. The summed E-state index contributed by atoms with van der Waals surface area (Å²) in [6.45, 7) is 1.02. The van der Waals surface area contributed by atoms with Crippen molar-refractivity contribution in [3.8, 4) is 11.5 Å². The molecule has 1 aliphatic rings. The number of carboxylic acid groups (broad SMARTS) is 1. The Bertz CT molecular complexity index is 830. The van der Waals surface area contributed by atoms with Crippen molar-refractivity contribution in [3.63, 3.8) is 0 Å². The van der Waals surface area contributed by atoms with E-state index in [1.165, 1.54) is 4.90 Å². The number of nitrogens with zero attached hydrogens (tertiary/aromatic N) is 1. The van der Waals surface area contributed by atoms with E-state index < -0.39 is 11.7 Å². The number of benzene rings is 2.